The van der Waals surface area contributed by atoms with Crippen molar-refractivity contribution >= 4 is 17.6 Å². The van der Waals surface area contributed by atoms with E-state index in [9.17, 15) is 0 Å². The van der Waals surface area contributed by atoms with Gasteiger partial charge in [0.2, 0.25) is 0 Å². The lowest BCUT2D eigenvalue weighted by atomic mass is 10.1. The predicted octanol–water partition coefficient (Wildman–Crippen LogP) is 2.94. The van der Waals surface area contributed by atoms with E-state index in [-0.39, 0.29) is 0 Å². The Morgan fingerprint density at radius 2 is 2.08 bits per heavy atom. The normalized spacial score (nSPS) is 30.8. The van der Waals surface area contributed by atoms with Crippen LogP contribution in [-0.4, -0.2) is 61.1 Å². The highest BCUT2D eigenvalue weighted by Gasteiger charge is 2.40. The fourth-order valence-corrected chi connectivity index (χ4v) is 4.46. The lowest BCUT2D eigenvalue weighted by Crippen LogP contribution is -2.43. The molecule has 0 radical (unpaired) electrons. The first-order valence-corrected chi connectivity index (χ1v) is 9.60. The highest BCUT2D eigenvalue weighted by Crippen LogP contribution is 2.41. The van der Waals surface area contributed by atoms with E-state index in [1.165, 1.54) is 44.3 Å². The summed E-state index contributed by atoms with van der Waals surface area (Å²) in [4.78, 5) is 9.65. The Morgan fingerprint density at radius 1 is 1.25 bits per heavy atom. The van der Waals surface area contributed by atoms with Crippen molar-refractivity contribution in [2.24, 2.45) is 4.99 Å². The zero-order chi connectivity index (χ0) is 16.5. The molecule has 3 atom stereocenters. The van der Waals surface area contributed by atoms with Crippen LogP contribution in [0, 0.1) is 0 Å². The van der Waals surface area contributed by atoms with Crippen molar-refractivity contribution in [1.82, 2.24) is 15.1 Å². The van der Waals surface area contributed by atoms with Crippen LogP contribution in [0.2, 0.25) is 5.02 Å². The van der Waals surface area contributed by atoms with Crippen LogP contribution >= 0.6 is 11.6 Å². The van der Waals surface area contributed by atoms with Crippen molar-refractivity contribution in [3.05, 3.63) is 34.9 Å². The summed E-state index contributed by atoms with van der Waals surface area (Å²) in [7, 11) is 1.91. The molecule has 24 heavy (non-hydrogen) atoms. The predicted molar refractivity (Wildman–Crippen MR) is 99.9 cm³/mol. The summed E-state index contributed by atoms with van der Waals surface area (Å²) in [5.41, 5.74) is 1.34. The molecule has 3 fully saturated rings. The van der Waals surface area contributed by atoms with Crippen LogP contribution in [0.4, 0.5) is 0 Å². The second-order valence-corrected chi connectivity index (χ2v) is 7.76. The standard InChI is InChI=1S/C19H27ClN4/c1-21-19(24-10-7-16(13-24)23-8-2-3-9-23)22-18-12-17(18)14-5-4-6-15(20)11-14/h4-6,11,16-18H,2-3,7-10,12-13H2,1H3,(H,21,22). The summed E-state index contributed by atoms with van der Waals surface area (Å²) in [6.07, 6.45) is 5.17. The largest absolute Gasteiger partial charge is 0.353 e. The molecule has 0 spiro atoms. The van der Waals surface area contributed by atoms with Gasteiger partial charge in [0.25, 0.3) is 0 Å². The van der Waals surface area contributed by atoms with Crippen molar-refractivity contribution in [2.75, 3.05) is 33.2 Å². The minimum absolute atomic E-state index is 0.494. The Morgan fingerprint density at radius 3 is 2.83 bits per heavy atom. The van der Waals surface area contributed by atoms with Gasteiger partial charge in [-0.3, -0.25) is 9.89 Å². The Hall–Kier alpha value is -1.26. The zero-order valence-electron chi connectivity index (χ0n) is 14.4. The average Bonchev–Trinajstić information content (AvgIpc) is 3.00. The molecule has 1 N–H and O–H groups in total. The second kappa shape index (κ2) is 6.93. The number of halogens is 1. The molecular formula is C19H27ClN4. The van der Waals surface area contributed by atoms with E-state index in [1.807, 2.05) is 19.2 Å². The topological polar surface area (TPSA) is 30.9 Å². The van der Waals surface area contributed by atoms with Crippen LogP contribution in [0.5, 0.6) is 0 Å². The number of aliphatic imine (C=N–C) groups is 1. The number of hydrogen-bond donors (Lipinski definition) is 1. The average molecular weight is 347 g/mol. The molecule has 5 heteroatoms. The Balaban J connectivity index is 1.33. The molecule has 0 bridgehead atoms. The van der Waals surface area contributed by atoms with Gasteiger partial charge in [-0.15, -0.1) is 0 Å². The van der Waals surface area contributed by atoms with Gasteiger partial charge in [0.1, 0.15) is 0 Å². The molecule has 0 aromatic heterocycles. The van der Waals surface area contributed by atoms with Crippen LogP contribution in [-0.2, 0) is 0 Å². The van der Waals surface area contributed by atoms with E-state index in [1.54, 1.807) is 0 Å². The summed E-state index contributed by atoms with van der Waals surface area (Å²) >= 11 is 6.12. The molecule has 1 aliphatic carbocycles. The van der Waals surface area contributed by atoms with Crippen molar-refractivity contribution in [3.8, 4) is 0 Å². The Bertz CT molecular complexity index is 611. The van der Waals surface area contributed by atoms with E-state index in [4.69, 9.17) is 11.6 Å². The third kappa shape index (κ3) is 3.40. The Kier molecular flexibility index (Phi) is 4.68. The molecule has 2 saturated heterocycles. The van der Waals surface area contributed by atoms with Crippen molar-refractivity contribution in [1.29, 1.82) is 0 Å². The molecule has 4 rings (SSSR count). The van der Waals surface area contributed by atoms with Gasteiger partial charge >= 0.3 is 0 Å². The fourth-order valence-electron chi connectivity index (χ4n) is 4.26. The van der Waals surface area contributed by atoms with E-state index in [0.29, 0.717) is 18.0 Å². The van der Waals surface area contributed by atoms with Crippen molar-refractivity contribution < 1.29 is 0 Å². The lowest BCUT2D eigenvalue weighted by molar-refractivity contribution is 0.249. The first-order chi connectivity index (χ1) is 11.7. The molecule has 130 valence electrons. The van der Waals surface area contributed by atoms with Crippen LogP contribution < -0.4 is 5.32 Å². The van der Waals surface area contributed by atoms with Crippen LogP contribution in [0.15, 0.2) is 29.3 Å². The highest BCUT2D eigenvalue weighted by molar-refractivity contribution is 6.30. The summed E-state index contributed by atoms with van der Waals surface area (Å²) in [5.74, 6) is 1.64. The highest BCUT2D eigenvalue weighted by atomic mass is 35.5. The number of likely N-dealkylation sites (tertiary alicyclic amines) is 2. The number of nitrogens with zero attached hydrogens (tertiary/aromatic N) is 3. The van der Waals surface area contributed by atoms with Gasteiger partial charge in [0, 0.05) is 43.2 Å². The first-order valence-electron chi connectivity index (χ1n) is 9.22. The van der Waals surface area contributed by atoms with E-state index >= 15 is 0 Å². The van der Waals surface area contributed by atoms with Gasteiger partial charge in [-0.1, -0.05) is 23.7 Å². The summed E-state index contributed by atoms with van der Waals surface area (Å²) < 4.78 is 0. The summed E-state index contributed by atoms with van der Waals surface area (Å²) in [6.45, 7) is 4.80. The molecule has 3 aliphatic rings. The molecule has 2 heterocycles. The summed E-state index contributed by atoms with van der Waals surface area (Å²) in [6, 6.07) is 9.47. The molecule has 1 aromatic carbocycles. The number of benzene rings is 1. The minimum atomic E-state index is 0.494. The number of nitrogens with one attached hydrogen (secondary N) is 1. The van der Waals surface area contributed by atoms with Crippen LogP contribution in [0.1, 0.15) is 37.2 Å². The van der Waals surface area contributed by atoms with Gasteiger partial charge in [0.15, 0.2) is 5.96 Å². The van der Waals surface area contributed by atoms with E-state index < -0.39 is 0 Å². The van der Waals surface area contributed by atoms with E-state index in [2.05, 4.69) is 32.2 Å². The van der Waals surface area contributed by atoms with Gasteiger partial charge in [-0.05, 0) is 56.5 Å². The third-order valence-corrected chi connectivity index (χ3v) is 5.95. The van der Waals surface area contributed by atoms with Gasteiger partial charge in [-0.2, -0.15) is 0 Å². The smallest absolute Gasteiger partial charge is 0.193 e. The zero-order valence-corrected chi connectivity index (χ0v) is 15.2. The fraction of sp³-hybridized carbons (Fsp3) is 0.632. The maximum atomic E-state index is 6.12. The van der Waals surface area contributed by atoms with E-state index in [0.717, 1.165) is 24.1 Å². The molecule has 2 aliphatic heterocycles. The Labute approximate surface area is 149 Å². The molecule has 1 saturated carbocycles. The number of rotatable bonds is 3. The number of guanidine groups is 1. The number of hydrogen-bond acceptors (Lipinski definition) is 2. The lowest BCUT2D eigenvalue weighted by Gasteiger charge is -2.25. The maximum absolute atomic E-state index is 6.12. The quantitative estimate of drug-likeness (QED) is 0.674. The molecular weight excluding hydrogens is 320 g/mol. The van der Waals surface area contributed by atoms with Gasteiger partial charge in [0.05, 0.1) is 0 Å². The van der Waals surface area contributed by atoms with Crippen molar-refractivity contribution in [2.45, 2.75) is 43.7 Å². The second-order valence-electron chi connectivity index (χ2n) is 7.33. The molecule has 0 amide bonds. The SMILES string of the molecule is CN=C(NC1CC1c1cccc(Cl)c1)N1CCC(N2CCCC2)C1. The van der Waals surface area contributed by atoms with Crippen LogP contribution in [0.3, 0.4) is 0 Å². The monoisotopic (exact) mass is 346 g/mol. The minimum Gasteiger partial charge on any atom is -0.353 e. The first kappa shape index (κ1) is 16.2. The molecule has 1 aromatic rings. The van der Waals surface area contributed by atoms with Crippen molar-refractivity contribution in [3.63, 3.8) is 0 Å². The molecule has 4 nitrogen and oxygen atoms in total. The third-order valence-electron chi connectivity index (χ3n) is 5.71. The molecule has 3 unspecified atom stereocenters. The van der Waals surface area contributed by atoms with Gasteiger partial charge < -0.3 is 10.2 Å². The van der Waals surface area contributed by atoms with Crippen LogP contribution in [0.25, 0.3) is 0 Å². The van der Waals surface area contributed by atoms with Gasteiger partial charge in [-0.25, -0.2) is 0 Å². The maximum Gasteiger partial charge on any atom is 0.193 e. The summed E-state index contributed by atoms with van der Waals surface area (Å²) in [5, 5.41) is 4.51.